The van der Waals surface area contributed by atoms with E-state index in [0.29, 0.717) is 0 Å². The van der Waals surface area contributed by atoms with Crippen molar-refractivity contribution < 1.29 is 5.11 Å². The minimum Gasteiger partial charge on any atom is -0.370 e. The maximum Gasteiger partial charge on any atom is 0.159 e. The Morgan fingerprint density at radius 1 is 1.18 bits per heavy atom. The van der Waals surface area contributed by atoms with Gasteiger partial charge in [-0.2, -0.15) is 0 Å². The van der Waals surface area contributed by atoms with Crippen LogP contribution in [0.15, 0.2) is 30.3 Å². The maximum atomic E-state index is 9.14. The van der Waals surface area contributed by atoms with E-state index in [1.54, 1.807) is 6.42 Å². The van der Waals surface area contributed by atoms with Gasteiger partial charge in [0.2, 0.25) is 0 Å². The van der Waals surface area contributed by atoms with Crippen LogP contribution in [0, 0.1) is 6.42 Å². The highest BCUT2D eigenvalue weighted by molar-refractivity contribution is 8.00. The van der Waals surface area contributed by atoms with Crippen molar-refractivity contribution in [3.63, 3.8) is 0 Å². The molecule has 0 saturated heterocycles. The summed E-state index contributed by atoms with van der Waals surface area (Å²) in [6, 6.07) is 9.43. The Morgan fingerprint density at radius 2 is 1.73 bits per heavy atom. The summed E-state index contributed by atoms with van der Waals surface area (Å²) in [4.78, 5) is 0. The van der Waals surface area contributed by atoms with Crippen LogP contribution in [-0.2, 0) is 0 Å². The summed E-state index contributed by atoms with van der Waals surface area (Å²) in [5.74, 6) is 0. The zero-order chi connectivity index (χ0) is 8.32. The van der Waals surface area contributed by atoms with Gasteiger partial charge in [0.1, 0.15) is 0 Å². The molecule has 1 radical (unpaired) electrons. The summed E-state index contributed by atoms with van der Waals surface area (Å²) in [7, 11) is 0. The minimum atomic E-state index is -1.33. The van der Waals surface area contributed by atoms with Gasteiger partial charge in [-0.15, -0.1) is 25.3 Å². The van der Waals surface area contributed by atoms with E-state index in [9.17, 15) is 0 Å². The summed E-state index contributed by atoms with van der Waals surface area (Å²) in [5.41, 5.74) is 0.903. The molecule has 59 valence electrons. The number of hydrogen-bond donors (Lipinski definition) is 3. The van der Waals surface area contributed by atoms with E-state index in [0.717, 1.165) is 5.56 Å². The number of aliphatic hydroxyl groups is 1. The molecule has 11 heavy (non-hydrogen) atoms. The summed E-state index contributed by atoms with van der Waals surface area (Å²) < 4.78 is -1.33. The first-order valence-electron chi connectivity index (χ1n) is 3.16. The second kappa shape index (κ2) is 3.52. The van der Waals surface area contributed by atoms with Gasteiger partial charge in [-0.05, 0) is 5.56 Å². The maximum absolute atomic E-state index is 9.14. The van der Waals surface area contributed by atoms with Crippen molar-refractivity contribution in [1.29, 1.82) is 0 Å². The van der Waals surface area contributed by atoms with Crippen molar-refractivity contribution in [3.05, 3.63) is 42.3 Å². The quantitative estimate of drug-likeness (QED) is 0.473. The van der Waals surface area contributed by atoms with E-state index in [2.05, 4.69) is 25.3 Å². The lowest BCUT2D eigenvalue weighted by Gasteiger charge is -2.13. The number of benzene rings is 1. The molecule has 1 aromatic carbocycles. The molecule has 0 bridgehead atoms. The van der Waals surface area contributed by atoms with Crippen LogP contribution in [0.25, 0.3) is 0 Å². The molecule has 0 aliphatic rings. The number of hydrogen-bond acceptors (Lipinski definition) is 3. The Kier molecular flexibility index (Phi) is 2.87. The molecule has 0 atom stereocenters. The molecule has 0 heterocycles. The van der Waals surface area contributed by atoms with Crippen LogP contribution in [0.4, 0.5) is 0 Å². The average molecular weight is 185 g/mol. The van der Waals surface area contributed by atoms with Crippen LogP contribution in [0.3, 0.4) is 0 Å². The minimum absolute atomic E-state index is 0.903. The number of rotatable bonds is 2. The topological polar surface area (TPSA) is 20.2 Å². The van der Waals surface area contributed by atoms with Crippen LogP contribution in [-0.4, -0.2) is 9.37 Å². The molecule has 1 rings (SSSR count). The molecule has 0 saturated carbocycles. The Hall–Kier alpha value is -0.120. The Balaban J connectivity index is 2.66. The molecular weight excluding hydrogens is 176 g/mol. The van der Waals surface area contributed by atoms with Gasteiger partial charge in [0, 0.05) is 6.42 Å². The van der Waals surface area contributed by atoms with Crippen LogP contribution in [0.1, 0.15) is 5.56 Å². The fourth-order valence-corrected chi connectivity index (χ4v) is 1.07. The lowest BCUT2D eigenvalue weighted by atomic mass is 10.2. The first kappa shape index (κ1) is 8.97. The van der Waals surface area contributed by atoms with Gasteiger partial charge in [0.15, 0.2) is 4.27 Å². The molecule has 0 fully saturated rings. The Bertz CT molecular complexity index is 215. The third kappa shape index (κ3) is 3.70. The number of thiol groups is 2. The first-order chi connectivity index (χ1) is 5.08. The highest BCUT2D eigenvalue weighted by Crippen LogP contribution is 2.22. The molecule has 0 spiro atoms. The van der Waals surface area contributed by atoms with Gasteiger partial charge in [-0.3, -0.25) is 0 Å². The highest BCUT2D eigenvalue weighted by Gasteiger charge is 2.15. The van der Waals surface area contributed by atoms with Gasteiger partial charge in [-0.1, -0.05) is 30.3 Å². The molecule has 1 N–H and O–H groups in total. The first-order valence-corrected chi connectivity index (χ1v) is 4.05. The van der Waals surface area contributed by atoms with E-state index in [1.165, 1.54) is 0 Å². The van der Waals surface area contributed by atoms with Crippen LogP contribution in [0.5, 0.6) is 0 Å². The van der Waals surface area contributed by atoms with Gasteiger partial charge < -0.3 is 5.11 Å². The molecule has 0 aliphatic carbocycles. The van der Waals surface area contributed by atoms with E-state index in [-0.39, 0.29) is 0 Å². The normalized spacial score (nSPS) is 11.5. The summed E-state index contributed by atoms with van der Waals surface area (Å²) in [5, 5.41) is 9.14. The van der Waals surface area contributed by atoms with Gasteiger partial charge in [0.05, 0.1) is 0 Å². The molecule has 0 aromatic heterocycles. The molecule has 3 heteroatoms. The van der Waals surface area contributed by atoms with Gasteiger partial charge in [0.25, 0.3) is 0 Å². The van der Waals surface area contributed by atoms with Gasteiger partial charge in [-0.25, -0.2) is 0 Å². The lowest BCUT2D eigenvalue weighted by Crippen LogP contribution is -2.12. The summed E-state index contributed by atoms with van der Waals surface area (Å²) in [6.07, 6.45) is 1.55. The lowest BCUT2D eigenvalue weighted by molar-refractivity contribution is 0.270. The second-order valence-electron chi connectivity index (χ2n) is 2.24. The van der Waals surface area contributed by atoms with Crippen LogP contribution in [0.2, 0.25) is 0 Å². The monoisotopic (exact) mass is 185 g/mol. The highest BCUT2D eigenvalue weighted by atomic mass is 32.2. The van der Waals surface area contributed by atoms with Crippen molar-refractivity contribution in [1.82, 2.24) is 0 Å². The standard InChI is InChI=1S/C8H9OS2/c9-8(10,11)6-7-4-2-1-3-5-7/h1-6,9-11H. The van der Waals surface area contributed by atoms with Crippen LogP contribution >= 0.6 is 25.3 Å². The molecule has 0 unspecified atom stereocenters. The average Bonchev–Trinajstić information content (AvgIpc) is 1.85. The summed E-state index contributed by atoms with van der Waals surface area (Å²) in [6.45, 7) is 0. The predicted molar refractivity (Wildman–Crippen MR) is 52.8 cm³/mol. The van der Waals surface area contributed by atoms with Crippen molar-refractivity contribution in [2.24, 2.45) is 0 Å². The van der Waals surface area contributed by atoms with Gasteiger partial charge >= 0.3 is 0 Å². The van der Waals surface area contributed by atoms with E-state index < -0.39 is 4.27 Å². The van der Waals surface area contributed by atoms with Crippen molar-refractivity contribution >= 4 is 25.3 Å². The van der Waals surface area contributed by atoms with E-state index in [1.807, 2.05) is 30.3 Å². The van der Waals surface area contributed by atoms with Crippen molar-refractivity contribution in [2.75, 3.05) is 0 Å². The third-order valence-corrected chi connectivity index (χ3v) is 1.42. The van der Waals surface area contributed by atoms with Crippen molar-refractivity contribution in [2.45, 2.75) is 4.27 Å². The zero-order valence-electron chi connectivity index (χ0n) is 5.81. The van der Waals surface area contributed by atoms with E-state index >= 15 is 0 Å². The molecular formula is C8H9OS2. The Morgan fingerprint density at radius 3 is 2.18 bits per heavy atom. The Labute approximate surface area is 77.3 Å². The fourth-order valence-electron chi connectivity index (χ4n) is 0.773. The summed E-state index contributed by atoms with van der Waals surface area (Å²) >= 11 is 7.66. The SMILES string of the molecule is OC(S)(S)[CH]c1ccccc1. The van der Waals surface area contributed by atoms with E-state index in [4.69, 9.17) is 5.11 Å². The molecule has 1 aromatic rings. The predicted octanol–water partition coefficient (Wildman–Crippen LogP) is 1.74. The molecule has 1 nitrogen and oxygen atoms in total. The largest absolute Gasteiger partial charge is 0.370 e. The second-order valence-corrected chi connectivity index (χ2v) is 3.96. The third-order valence-electron chi connectivity index (χ3n) is 1.16. The molecule has 0 aliphatic heterocycles. The van der Waals surface area contributed by atoms with Crippen LogP contribution < -0.4 is 0 Å². The smallest absolute Gasteiger partial charge is 0.159 e. The molecule has 0 amide bonds. The van der Waals surface area contributed by atoms with Crippen molar-refractivity contribution in [3.8, 4) is 0 Å². The fraction of sp³-hybridized carbons (Fsp3) is 0.125. The zero-order valence-corrected chi connectivity index (χ0v) is 7.59.